The van der Waals surface area contributed by atoms with E-state index in [1.807, 2.05) is 12.1 Å². The van der Waals surface area contributed by atoms with Crippen LogP contribution in [0.15, 0.2) is 42.5 Å². The predicted molar refractivity (Wildman–Crippen MR) is 106 cm³/mol. The largest absolute Gasteiger partial charge is 0.490 e. The maximum atomic E-state index is 12.0. The van der Waals surface area contributed by atoms with E-state index in [0.29, 0.717) is 19.4 Å². The van der Waals surface area contributed by atoms with Gasteiger partial charge in [-0.15, -0.1) is 0 Å². The van der Waals surface area contributed by atoms with Crippen molar-refractivity contribution in [3.63, 3.8) is 0 Å². The molecule has 0 radical (unpaired) electrons. The SMILES string of the molecule is O=C(CC1(O)CCNCC1)NCCc1ccc2ccccc2c1.O=C(O)C(F)(F)F. The first-order valence-electron chi connectivity index (χ1n) is 9.57. The Hall–Kier alpha value is -2.65. The number of carboxylic acids is 1. The lowest BCUT2D eigenvalue weighted by Crippen LogP contribution is -2.45. The van der Waals surface area contributed by atoms with Gasteiger partial charge in [0.2, 0.25) is 5.91 Å². The highest BCUT2D eigenvalue weighted by Gasteiger charge is 2.38. The molecule has 2 aromatic carbocycles. The molecule has 1 amide bonds. The average molecular weight is 426 g/mol. The van der Waals surface area contributed by atoms with Gasteiger partial charge in [0, 0.05) is 6.54 Å². The lowest BCUT2D eigenvalue weighted by Gasteiger charge is -2.31. The minimum absolute atomic E-state index is 0.0600. The van der Waals surface area contributed by atoms with Crippen LogP contribution in [-0.4, -0.2) is 53.5 Å². The highest BCUT2D eigenvalue weighted by molar-refractivity contribution is 5.83. The minimum atomic E-state index is -5.08. The number of carbonyl (C=O) groups excluding carboxylic acids is 1. The van der Waals surface area contributed by atoms with Gasteiger partial charge in [-0.05, 0) is 48.7 Å². The molecule has 2 aromatic rings. The molecule has 1 saturated heterocycles. The summed E-state index contributed by atoms with van der Waals surface area (Å²) >= 11 is 0. The normalized spacial score (nSPS) is 15.7. The van der Waals surface area contributed by atoms with Gasteiger partial charge in [0.1, 0.15) is 0 Å². The molecule has 164 valence electrons. The van der Waals surface area contributed by atoms with Crippen LogP contribution in [0.25, 0.3) is 10.8 Å². The lowest BCUT2D eigenvalue weighted by molar-refractivity contribution is -0.192. The summed E-state index contributed by atoms with van der Waals surface area (Å²) in [6, 6.07) is 14.7. The monoisotopic (exact) mass is 426 g/mol. The summed E-state index contributed by atoms with van der Waals surface area (Å²) in [5, 5.41) is 26.1. The highest BCUT2D eigenvalue weighted by atomic mass is 19.4. The molecule has 9 heteroatoms. The number of carboxylic acid groups (broad SMARTS) is 1. The number of piperidine rings is 1. The average Bonchev–Trinajstić information content (AvgIpc) is 2.68. The first kappa shape index (κ1) is 23.6. The van der Waals surface area contributed by atoms with Crippen LogP contribution >= 0.6 is 0 Å². The summed E-state index contributed by atoms with van der Waals surface area (Å²) in [7, 11) is 0. The number of nitrogens with one attached hydrogen (secondary N) is 2. The molecule has 1 aliphatic rings. The second kappa shape index (κ2) is 10.4. The zero-order chi connectivity index (χ0) is 22.2. The fourth-order valence-electron chi connectivity index (χ4n) is 3.17. The molecule has 0 bridgehead atoms. The van der Waals surface area contributed by atoms with Gasteiger partial charge in [-0.25, -0.2) is 4.79 Å². The van der Waals surface area contributed by atoms with Crippen LogP contribution in [0.4, 0.5) is 13.2 Å². The number of aliphatic carboxylic acids is 1. The van der Waals surface area contributed by atoms with E-state index >= 15 is 0 Å². The molecule has 1 heterocycles. The topological polar surface area (TPSA) is 98.7 Å². The quantitative estimate of drug-likeness (QED) is 0.589. The maximum Gasteiger partial charge on any atom is 0.490 e. The van der Waals surface area contributed by atoms with Crippen molar-refractivity contribution in [2.24, 2.45) is 0 Å². The zero-order valence-electron chi connectivity index (χ0n) is 16.3. The number of benzene rings is 2. The Bertz CT molecular complexity index is 865. The molecule has 4 N–H and O–H groups in total. The molecular formula is C21H25F3N2O4. The van der Waals surface area contributed by atoms with Crippen molar-refractivity contribution in [1.82, 2.24) is 10.6 Å². The molecule has 0 spiro atoms. The molecule has 30 heavy (non-hydrogen) atoms. The summed E-state index contributed by atoms with van der Waals surface area (Å²) in [5.41, 5.74) is 0.378. The molecule has 1 fully saturated rings. The van der Waals surface area contributed by atoms with Crippen molar-refractivity contribution >= 4 is 22.6 Å². The van der Waals surface area contributed by atoms with Crippen LogP contribution in [0.1, 0.15) is 24.8 Å². The van der Waals surface area contributed by atoms with Gasteiger partial charge in [-0.3, -0.25) is 4.79 Å². The predicted octanol–water partition coefficient (Wildman–Crippen LogP) is 2.64. The Morgan fingerprint density at radius 3 is 2.27 bits per heavy atom. The smallest absolute Gasteiger partial charge is 0.475 e. The van der Waals surface area contributed by atoms with Gasteiger partial charge >= 0.3 is 12.1 Å². The number of fused-ring (bicyclic) bond motifs is 1. The first-order valence-corrected chi connectivity index (χ1v) is 9.57. The van der Waals surface area contributed by atoms with Crippen LogP contribution < -0.4 is 10.6 Å². The van der Waals surface area contributed by atoms with Gasteiger partial charge in [0.25, 0.3) is 0 Å². The molecular weight excluding hydrogens is 401 g/mol. The summed E-state index contributed by atoms with van der Waals surface area (Å²) in [4.78, 5) is 20.9. The number of carbonyl (C=O) groups is 2. The number of hydrogen-bond acceptors (Lipinski definition) is 4. The second-order valence-corrected chi connectivity index (χ2v) is 7.24. The summed E-state index contributed by atoms with van der Waals surface area (Å²) < 4.78 is 31.7. The van der Waals surface area contributed by atoms with E-state index < -0.39 is 17.7 Å². The van der Waals surface area contributed by atoms with E-state index in [9.17, 15) is 23.1 Å². The Kier molecular flexibility index (Phi) is 8.19. The van der Waals surface area contributed by atoms with Crippen LogP contribution in [0.2, 0.25) is 0 Å². The number of amides is 1. The van der Waals surface area contributed by atoms with Crippen LogP contribution in [0.5, 0.6) is 0 Å². The van der Waals surface area contributed by atoms with E-state index in [0.717, 1.165) is 19.5 Å². The van der Waals surface area contributed by atoms with Crippen molar-refractivity contribution in [2.45, 2.75) is 37.5 Å². The Labute approximate surface area is 172 Å². The van der Waals surface area contributed by atoms with Crippen LogP contribution in [0.3, 0.4) is 0 Å². The number of halogens is 3. The fourth-order valence-corrected chi connectivity index (χ4v) is 3.17. The fraction of sp³-hybridized carbons (Fsp3) is 0.429. The minimum Gasteiger partial charge on any atom is -0.475 e. The molecule has 0 saturated carbocycles. The summed E-state index contributed by atoms with van der Waals surface area (Å²) in [5.74, 6) is -2.82. The van der Waals surface area contributed by atoms with Crippen LogP contribution in [-0.2, 0) is 16.0 Å². The van der Waals surface area contributed by atoms with E-state index in [4.69, 9.17) is 9.90 Å². The van der Waals surface area contributed by atoms with E-state index in [1.165, 1.54) is 16.3 Å². The van der Waals surface area contributed by atoms with Gasteiger partial charge in [0.15, 0.2) is 0 Å². The van der Waals surface area contributed by atoms with E-state index in [1.54, 1.807) is 0 Å². The van der Waals surface area contributed by atoms with Crippen molar-refractivity contribution in [2.75, 3.05) is 19.6 Å². The molecule has 1 aliphatic heterocycles. The van der Waals surface area contributed by atoms with E-state index in [-0.39, 0.29) is 12.3 Å². The number of aliphatic hydroxyl groups is 1. The number of alkyl halides is 3. The Balaban J connectivity index is 0.000000396. The number of hydrogen-bond donors (Lipinski definition) is 4. The molecule has 3 rings (SSSR count). The van der Waals surface area contributed by atoms with Gasteiger partial charge in [-0.2, -0.15) is 13.2 Å². The van der Waals surface area contributed by atoms with Crippen molar-refractivity contribution in [3.8, 4) is 0 Å². The third-order valence-electron chi connectivity index (χ3n) is 4.82. The summed E-state index contributed by atoms with van der Waals surface area (Å²) in [6.07, 6.45) is -2.79. The third-order valence-corrected chi connectivity index (χ3v) is 4.82. The molecule has 6 nitrogen and oxygen atoms in total. The van der Waals surface area contributed by atoms with Crippen molar-refractivity contribution in [3.05, 3.63) is 48.0 Å². The van der Waals surface area contributed by atoms with Crippen LogP contribution in [0, 0.1) is 0 Å². The Morgan fingerprint density at radius 1 is 1.07 bits per heavy atom. The molecule has 0 atom stereocenters. The highest BCUT2D eigenvalue weighted by Crippen LogP contribution is 2.22. The van der Waals surface area contributed by atoms with Crippen molar-refractivity contribution < 1.29 is 33.0 Å². The zero-order valence-corrected chi connectivity index (χ0v) is 16.3. The molecule has 0 aromatic heterocycles. The maximum absolute atomic E-state index is 12.0. The van der Waals surface area contributed by atoms with Gasteiger partial charge in [0.05, 0.1) is 12.0 Å². The van der Waals surface area contributed by atoms with E-state index in [2.05, 4.69) is 41.0 Å². The second-order valence-electron chi connectivity index (χ2n) is 7.24. The number of rotatable bonds is 5. The first-order chi connectivity index (χ1) is 14.1. The molecule has 0 aliphatic carbocycles. The van der Waals surface area contributed by atoms with Gasteiger partial charge < -0.3 is 20.8 Å². The summed E-state index contributed by atoms with van der Waals surface area (Å²) in [6.45, 7) is 2.16. The molecule has 0 unspecified atom stereocenters. The van der Waals surface area contributed by atoms with Crippen molar-refractivity contribution in [1.29, 1.82) is 0 Å². The Morgan fingerprint density at radius 2 is 1.67 bits per heavy atom. The lowest BCUT2D eigenvalue weighted by atomic mass is 9.89. The standard InChI is InChI=1S/C19H24N2O2.C2HF3O2/c22-18(14-19(23)8-11-20-12-9-19)21-10-7-15-5-6-16-3-1-2-4-17(16)13-15;3-2(4,5)1(6)7/h1-6,13,20,23H,7-12,14H2,(H,21,22);(H,6,7). The van der Waals surface area contributed by atoms with Gasteiger partial charge in [-0.1, -0.05) is 42.5 Å². The third kappa shape index (κ3) is 7.64.